The molecule has 5 heteroatoms. The van der Waals surface area contributed by atoms with E-state index in [1.54, 1.807) is 0 Å². The molecule has 0 unspecified atom stereocenters. The van der Waals surface area contributed by atoms with Crippen LogP contribution in [0.3, 0.4) is 0 Å². The first-order valence-corrected chi connectivity index (χ1v) is 7.24. The summed E-state index contributed by atoms with van der Waals surface area (Å²) in [5.74, 6) is -1.04. The lowest BCUT2D eigenvalue weighted by atomic mass is 10.2. The van der Waals surface area contributed by atoms with E-state index in [4.69, 9.17) is 9.84 Å². The van der Waals surface area contributed by atoms with Gasteiger partial charge in [-0.25, -0.2) is 4.79 Å². The van der Waals surface area contributed by atoms with Crippen molar-refractivity contribution in [2.75, 3.05) is 6.54 Å². The highest BCUT2D eigenvalue weighted by Crippen LogP contribution is 2.19. The lowest BCUT2D eigenvalue weighted by Crippen LogP contribution is -2.41. The Kier molecular flexibility index (Phi) is 6.71. The first-order valence-electron chi connectivity index (χ1n) is 7.24. The molecule has 0 bridgehead atoms. The van der Waals surface area contributed by atoms with Crippen LogP contribution >= 0.6 is 0 Å². The molecule has 0 saturated carbocycles. The van der Waals surface area contributed by atoms with E-state index in [0.29, 0.717) is 13.0 Å². The number of hydrogen-bond acceptors (Lipinski definition) is 3. The number of carboxylic acid groups (broad SMARTS) is 1. The lowest BCUT2D eigenvalue weighted by molar-refractivity contribution is -0.149. The third-order valence-electron chi connectivity index (χ3n) is 3.56. The minimum absolute atomic E-state index is 0.0737. The Morgan fingerprint density at radius 3 is 2.75 bits per heavy atom. The van der Waals surface area contributed by atoms with E-state index in [-0.39, 0.29) is 24.5 Å². The summed E-state index contributed by atoms with van der Waals surface area (Å²) in [5.41, 5.74) is 0. The average molecular weight is 283 g/mol. The van der Waals surface area contributed by atoms with Gasteiger partial charge in [-0.2, -0.15) is 0 Å². The number of rotatable bonds is 8. The van der Waals surface area contributed by atoms with Gasteiger partial charge in [-0.15, -0.1) is 6.58 Å². The molecule has 0 aromatic heterocycles. The molecule has 1 heterocycles. The molecule has 114 valence electrons. The molecule has 20 heavy (non-hydrogen) atoms. The number of nitrogens with zero attached hydrogens (tertiary/aromatic N) is 1. The first-order chi connectivity index (χ1) is 9.45. The standard InChI is InChI=1S/C15H25NO4/c1-4-5-7-11(2)20-12(3)10-14(17)16-9-6-8-13(16)15(18)19/h4,11-13H,1,5-10H2,2-3H3,(H,18,19)/t11-,12+,13+/m1/s1. The molecule has 1 aliphatic heterocycles. The number of amides is 1. The predicted octanol–water partition coefficient (Wildman–Crippen LogP) is 2.21. The highest BCUT2D eigenvalue weighted by molar-refractivity contribution is 5.84. The van der Waals surface area contributed by atoms with Crippen LogP contribution in [0.1, 0.15) is 46.0 Å². The van der Waals surface area contributed by atoms with E-state index in [0.717, 1.165) is 19.3 Å². The van der Waals surface area contributed by atoms with Gasteiger partial charge in [0.05, 0.1) is 18.6 Å². The average Bonchev–Trinajstić information content (AvgIpc) is 2.85. The second kappa shape index (κ2) is 8.04. The smallest absolute Gasteiger partial charge is 0.326 e. The van der Waals surface area contributed by atoms with Crippen molar-refractivity contribution in [2.45, 2.75) is 64.2 Å². The fraction of sp³-hybridized carbons (Fsp3) is 0.733. The van der Waals surface area contributed by atoms with Crippen molar-refractivity contribution in [1.29, 1.82) is 0 Å². The van der Waals surface area contributed by atoms with Gasteiger partial charge in [0.2, 0.25) is 5.91 Å². The molecular formula is C15H25NO4. The van der Waals surface area contributed by atoms with Crippen molar-refractivity contribution < 1.29 is 19.4 Å². The minimum Gasteiger partial charge on any atom is -0.480 e. The maximum Gasteiger partial charge on any atom is 0.326 e. The molecule has 3 atom stereocenters. The van der Waals surface area contributed by atoms with Crippen LogP contribution in [0.5, 0.6) is 0 Å². The fourth-order valence-electron chi connectivity index (χ4n) is 2.55. The van der Waals surface area contributed by atoms with Crippen LogP contribution in [0, 0.1) is 0 Å². The highest BCUT2D eigenvalue weighted by atomic mass is 16.5. The second-order valence-electron chi connectivity index (χ2n) is 5.41. The Labute approximate surface area is 120 Å². The van der Waals surface area contributed by atoms with Crippen molar-refractivity contribution >= 4 is 11.9 Å². The first kappa shape index (κ1) is 16.7. The summed E-state index contributed by atoms with van der Waals surface area (Å²) in [6.07, 6.45) is 5.03. The zero-order chi connectivity index (χ0) is 15.1. The molecule has 0 aromatic carbocycles. The summed E-state index contributed by atoms with van der Waals surface area (Å²) < 4.78 is 5.74. The second-order valence-corrected chi connectivity index (χ2v) is 5.41. The summed E-state index contributed by atoms with van der Waals surface area (Å²) in [7, 11) is 0. The Morgan fingerprint density at radius 1 is 1.45 bits per heavy atom. The van der Waals surface area contributed by atoms with Crippen molar-refractivity contribution in [2.24, 2.45) is 0 Å². The van der Waals surface area contributed by atoms with Crippen LogP contribution in [0.2, 0.25) is 0 Å². The van der Waals surface area contributed by atoms with Gasteiger partial charge in [0.15, 0.2) is 0 Å². The van der Waals surface area contributed by atoms with Gasteiger partial charge in [-0.1, -0.05) is 6.08 Å². The van der Waals surface area contributed by atoms with Crippen LogP contribution in [0.25, 0.3) is 0 Å². The van der Waals surface area contributed by atoms with Crippen LogP contribution in [0.4, 0.5) is 0 Å². The number of carbonyl (C=O) groups is 2. The van der Waals surface area contributed by atoms with Crippen molar-refractivity contribution in [3.63, 3.8) is 0 Å². The lowest BCUT2D eigenvalue weighted by Gasteiger charge is -2.24. The van der Waals surface area contributed by atoms with Crippen LogP contribution in [-0.2, 0) is 14.3 Å². The topological polar surface area (TPSA) is 66.8 Å². The summed E-state index contributed by atoms with van der Waals surface area (Å²) in [6.45, 7) is 8.03. The van der Waals surface area contributed by atoms with Gasteiger partial charge in [-0.05, 0) is 39.5 Å². The third-order valence-corrected chi connectivity index (χ3v) is 3.56. The van der Waals surface area contributed by atoms with Crippen LogP contribution in [-0.4, -0.2) is 46.7 Å². The van der Waals surface area contributed by atoms with E-state index in [1.165, 1.54) is 4.90 Å². The van der Waals surface area contributed by atoms with E-state index in [9.17, 15) is 9.59 Å². The molecule has 1 aliphatic rings. The quantitative estimate of drug-likeness (QED) is 0.694. The zero-order valence-electron chi connectivity index (χ0n) is 12.4. The zero-order valence-corrected chi connectivity index (χ0v) is 12.4. The van der Waals surface area contributed by atoms with Crippen molar-refractivity contribution in [3.8, 4) is 0 Å². The van der Waals surface area contributed by atoms with E-state index in [1.807, 2.05) is 19.9 Å². The summed E-state index contributed by atoms with van der Waals surface area (Å²) in [6, 6.07) is -0.659. The fourth-order valence-corrected chi connectivity index (χ4v) is 2.55. The number of likely N-dealkylation sites (tertiary alicyclic amines) is 1. The van der Waals surface area contributed by atoms with E-state index >= 15 is 0 Å². The van der Waals surface area contributed by atoms with E-state index < -0.39 is 12.0 Å². The van der Waals surface area contributed by atoms with Crippen molar-refractivity contribution in [3.05, 3.63) is 12.7 Å². The number of hydrogen-bond donors (Lipinski definition) is 1. The number of carboxylic acids is 1. The number of carbonyl (C=O) groups excluding carboxylic acids is 1. The maximum atomic E-state index is 12.1. The molecule has 5 nitrogen and oxygen atoms in total. The molecule has 0 aliphatic carbocycles. The number of aliphatic carboxylic acids is 1. The van der Waals surface area contributed by atoms with Gasteiger partial charge >= 0.3 is 5.97 Å². The Balaban J connectivity index is 2.41. The predicted molar refractivity (Wildman–Crippen MR) is 76.4 cm³/mol. The Morgan fingerprint density at radius 2 is 2.15 bits per heavy atom. The minimum atomic E-state index is -0.913. The van der Waals surface area contributed by atoms with Crippen molar-refractivity contribution in [1.82, 2.24) is 4.90 Å². The van der Waals surface area contributed by atoms with E-state index in [2.05, 4.69) is 6.58 Å². The molecule has 1 rings (SSSR count). The monoisotopic (exact) mass is 283 g/mol. The molecule has 1 saturated heterocycles. The highest BCUT2D eigenvalue weighted by Gasteiger charge is 2.34. The number of ether oxygens (including phenoxy) is 1. The van der Waals surface area contributed by atoms with Gasteiger partial charge in [0.1, 0.15) is 6.04 Å². The normalized spacial score (nSPS) is 21.5. The molecule has 1 N–H and O–H groups in total. The Bertz CT molecular complexity index is 356. The third kappa shape index (κ3) is 4.96. The summed E-state index contributed by atoms with van der Waals surface area (Å²) >= 11 is 0. The van der Waals surface area contributed by atoms with Gasteiger partial charge in [0, 0.05) is 6.54 Å². The molecular weight excluding hydrogens is 258 g/mol. The van der Waals surface area contributed by atoms with Gasteiger partial charge in [-0.3, -0.25) is 4.79 Å². The van der Waals surface area contributed by atoms with Gasteiger partial charge in [0.25, 0.3) is 0 Å². The molecule has 0 spiro atoms. The molecule has 1 amide bonds. The molecule has 0 aromatic rings. The molecule has 1 fully saturated rings. The van der Waals surface area contributed by atoms with Gasteiger partial charge < -0.3 is 14.7 Å². The largest absolute Gasteiger partial charge is 0.480 e. The summed E-state index contributed by atoms with van der Waals surface area (Å²) in [4.78, 5) is 24.7. The summed E-state index contributed by atoms with van der Waals surface area (Å²) in [5, 5.41) is 9.07. The van der Waals surface area contributed by atoms with Crippen LogP contribution in [0.15, 0.2) is 12.7 Å². The number of allylic oxidation sites excluding steroid dienone is 1. The SMILES string of the molecule is C=CCC[C@@H](C)O[C@@H](C)CC(=O)N1CCC[C@H]1C(=O)O. The van der Waals surface area contributed by atoms with Crippen LogP contribution < -0.4 is 0 Å². The Hall–Kier alpha value is -1.36. The molecule has 0 radical (unpaired) electrons. The maximum absolute atomic E-state index is 12.1.